The van der Waals surface area contributed by atoms with E-state index in [0.29, 0.717) is 12.5 Å². The van der Waals surface area contributed by atoms with Gasteiger partial charge in [0.2, 0.25) is 0 Å². The van der Waals surface area contributed by atoms with Crippen molar-refractivity contribution in [1.82, 2.24) is 0 Å². The van der Waals surface area contributed by atoms with E-state index in [0.717, 1.165) is 19.3 Å². The van der Waals surface area contributed by atoms with Crippen molar-refractivity contribution in [2.24, 2.45) is 0 Å². The molecule has 0 unspecified atom stereocenters. The first kappa shape index (κ1) is 26.4. The third-order valence-corrected chi connectivity index (χ3v) is 1.49. The van der Waals surface area contributed by atoms with Crippen molar-refractivity contribution in [2.45, 2.75) is 26.2 Å². The maximum atomic E-state index is 10.7. The standard InChI is InChI=1S/C9H14ClO2.CN.Cu.HI.Zn/c1-2-12-9(11)7-5-3-4-6-8-10;1-2;;;/h5H,2-4,6,8H2,1H3;;;1H;/q2*-1;+1;;+2/p-1. The fourth-order valence-corrected chi connectivity index (χ4v) is 0.858. The second kappa shape index (κ2) is 30.2. The second-order valence-electron chi connectivity index (χ2n) is 2.25. The summed E-state index contributed by atoms with van der Waals surface area (Å²) >= 11 is 9.09. The summed E-state index contributed by atoms with van der Waals surface area (Å²) in [5, 5.41) is 6.25. The molecule has 0 spiro atoms. The molecule has 0 aliphatic rings. The first-order valence-electron chi connectivity index (χ1n) is 4.61. The van der Waals surface area contributed by atoms with Gasteiger partial charge in [-0.15, -0.1) is 11.6 Å². The van der Waals surface area contributed by atoms with Crippen LogP contribution in [0, 0.1) is 17.9 Å². The molecule has 0 aromatic heterocycles. The van der Waals surface area contributed by atoms with E-state index in [2.05, 4.69) is 30.6 Å². The molecular weight excluding hydrogens is 457 g/mol. The molecule has 0 rings (SSSR count). The van der Waals surface area contributed by atoms with Gasteiger partial charge in [-0.3, -0.25) is 10.9 Å². The van der Waals surface area contributed by atoms with Crippen LogP contribution in [0.4, 0.5) is 0 Å². The number of carbonyl (C=O) groups is 1. The topological polar surface area (TPSA) is 50.1 Å². The van der Waals surface area contributed by atoms with Gasteiger partial charge in [0.05, 0.1) is 6.61 Å². The van der Waals surface area contributed by atoms with Gasteiger partial charge in [-0.25, -0.2) is 0 Å². The van der Waals surface area contributed by atoms with Crippen molar-refractivity contribution in [3.8, 4) is 0 Å². The Morgan fingerprint density at radius 1 is 1.53 bits per heavy atom. The quantitative estimate of drug-likeness (QED) is 0.114. The molecule has 0 saturated carbocycles. The number of halogens is 2. The van der Waals surface area contributed by atoms with E-state index in [9.17, 15) is 4.79 Å². The van der Waals surface area contributed by atoms with Gasteiger partial charge in [0.1, 0.15) is 5.97 Å². The van der Waals surface area contributed by atoms with Gasteiger partial charge in [-0.2, -0.15) is 0 Å². The van der Waals surface area contributed by atoms with Crippen molar-refractivity contribution in [3.63, 3.8) is 0 Å². The molecule has 3 nitrogen and oxygen atoms in total. The molecular formula is C10H14ClCuINO2Zn. The summed E-state index contributed by atoms with van der Waals surface area (Å²) in [5.41, 5.74) is 0. The zero-order valence-corrected chi connectivity index (χ0v) is 16.5. The number of alkyl halides is 1. The number of esters is 1. The van der Waals surface area contributed by atoms with E-state index >= 15 is 0 Å². The maximum absolute atomic E-state index is 10.7. The molecule has 0 aliphatic heterocycles. The van der Waals surface area contributed by atoms with Crippen LogP contribution in [0.2, 0.25) is 0 Å². The SMILES string of the molecule is CCOC(=O)[C-]=CCCCCCl.[C-]#N.[Cu+].[Zn+][I]. The summed E-state index contributed by atoms with van der Waals surface area (Å²) in [6.45, 7) is 6.93. The molecule has 0 aliphatic carbocycles. The fourth-order valence-electron chi connectivity index (χ4n) is 0.669. The van der Waals surface area contributed by atoms with Gasteiger partial charge in [0, 0.05) is 5.88 Å². The summed E-state index contributed by atoms with van der Waals surface area (Å²) in [6, 6.07) is 0. The van der Waals surface area contributed by atoms with Crippen LogP contribution in [0.3, 0.4) is 0 Å². The van der Waals surface area contributed by atoms with Crippen LogP contribution in [-0.2, 0) is 41.4 Å². The summed E-state index contributed by atoms with van der Waals surface area (Å²) in [4.78, 5) is 10.7. The summed E-state index contributed by atoms with van der Waals surface area (Å²) in [6.07, 6.45) is 7.02. The number of nitrogens with zero attached hydrogens (tertiary/aromatic N) is 1. The number of unbranched alkanes of at least 4 members (excludes halogenated alkanes) is 2. The Labute approximate surface area is 140 Å². The number of rotatable bonds is 6. The number of carbonyl (C=O) groups excluding carboxylic acids is 1. The van der Waals surface area contributed by atoms with E-state index in [1.165, 1.54) is 14.8 Å². The van der Waals surface area contributed by atoms with E-state index in [-0.39, 0.29) is 23.0 Å². The monoisotopic (exact) mass is 469 g/mol. The Hall–Kier alpha value is 0.863. The molecule has 98 valence electrons. The Kier molecular flexibility index (Phi) is 46.9. The molecule has 0 bridgehead atoms. The normalized spacial score (nSPS) is 7.94. The van der Waals surface area contributed by atoms with Crippen LogP contribution in [0.25, 0.3) is 0 Å². The van der Waals surface area contributed by atoms with E-state index < -0.39 is 0 Å². The summed E-state index contributed by atoms with van der Waals surface area (Å²) in [5.74, 6) is 0.288. The van der Waals surface area contributed by atoms with Crippen molar-refractivity contribution < 1.29 is 41.4 Å². The van der Waals surface area contributed by atoms with Crippen molar-refractivity contribution >= 4 is 37.3 Å². The number of hydrogen-bond acceptors (Lipinski definition) is 3. The Balaban J connectivity index is -0.000000152. The van der Waals surface area contributed by atoms with Crippen molar-refractivity contribution in [2.75, 3.05) is 12.5 Å². The molecule has 0 N–H and O–H groups in total. The number of hydrogen-bond donors (Lipinski definition) is 0. The molecule has 0 amide bonds. The van der Waals surface area contributed by atoms with Crippen molar-refractivity contribution in [1.29, 1.82) is 5.26 Å². The molecule has 0 heterocycles. The zero-order valence-electron chi connectivity index (χ0n) is 9.64. The van der Waals surface area contributed by atoms with Crippen LogP contribution < -0.4 is 0 Å². The third-order valence-electron chi connectivity index (χ3n) is 1.23. The average Bonchev–Trinajstić information content (AvgIpc) is 2.34. The molecule has 0 atom stereocenters. The van der Waals surface area contributed by atoms with E-state index in [4.69, 9.17) is 23.4 Å². The Bertz CT molecular complexity index is 194. The van der Waals surface area contributed by atoms with Gasteiger partial charge in [0.15, 0.2) is 0 Å². The van der Waals surface area contributed by atoms with Crippen LogP contribution in [0.1, 0.15) is 26.2 Å². The minimum absolute atomic E-state index is 0. The van der Waals surface area contributed by atoms with E-state index in [1.54, 1.807) is 13.0 Å². The second-order valence-corrected chi connectivity index (χ2v) is 2.63. The van der Waals surface area contributed by atoms with Crippen LogP contribution >= 0.6 is 31.4 Å². The summed E-state index contributed by atoms with van der Waals surface area (Å²) in [7, 11) is 0. The molecule has 7 heteroatoms. The van der Waals surface area contributed by atoms with Gasteiger partial charge in [-0.05, 0) is 13.3 Å². The average molecular weight is 472 g/mol. The van der Waals surface area contributed by atoms with Crippen molar-refractivity contribution in [3.05, 3.63) is 18.7 Å². The molecule has 17 heavy (non-hydrogen) atoms. The fraction of sp³-hybridized carbons (Fsp3) is 0.600. The van der Waals surface area contributed by atoms with Gasteiger partial charge >= 0.3 is 51.6 Å². The predicted octanol–water partition coefficient (Wildman–Crippen LogP) is 3.30. The van der Waals surface area contributed by atoms with Crippen LogP contribution in [0.15, 0.2) is 6.08 Å². The Morgan fingerprint density at radius 3 is 2.47 bits per heavy atom. The number of allylic oxidation sites excluding steroid dienone is 1. The van der Waals surface area contributed by atoms with Gasteiger partial charge in [-0.1, -0.05) is 12.8 Å². The third kappa shape index (κ3) is 31.6. The van der Waals surface area contributed by atoms with Crippen LogP contribution in [0.5, 0.6) is 0 Å². The zero-order chi connectivity index (χ0) is 13.2. The van der Waals surface area contributed by atoms with Gasteiger partial charge in [0.25, 0.3) is 0 Å². The molecule has 0 radical (unpaired) electrons. The molecule has 0 aromatic rings. The van der Waals surface area contributed by atoms with E-state index in [1.807, 2.05) is 0 Å². The molecule has 0 saturated heterocycles. The van der Waals surface area contributed by atoms with Crippen LogP contribution in [-0.4, -0.2) is 18.5 Å². The molecule has 0 fully saturated rings. The molecule has 0 aromatic carbocycles. The first-order chi connectivity index (χ1) is 7.81. The first-order valence-corrected chi connectivity index (χ1v) is 14.2. The summed E-state index contributed by atoms with van der Waals surface area (Å²) < 4.78 is 4.64. The Morgan fingerprint density at radius 2 is 2.06 bits per heavy atom. The van der Waals surface area contributed by atoms with Gasteiger partial charge < -0.3 is 22.6 Å². The predicted molar refractivity (Wildman–Crippen MR) is 68.0 cm³/mol. The minimum atomic E-state index is -0.386. The number of ether oxygens (including phenoxy) is 1.